The highest BCUT2D eigenvalue weighted by Crippen LogP contribution is 2.28. The zero-order valence-electron chi connectivity index (χ0n) is 16.8. The van der Waals surface area contributed by atoms with Crippen LogP contribution in [-0.4, -0.2) is 18.2 Å². The fraction of sp³-hybridized carbons (Fsp3) is 0.160. The van der Waals surface area contributed by atoms with E-state index in [1.807, 2.05) is 42.5 Å². The van der Waals surface area contributed by atoms with Gasteiger partial charge in [-0.15, -0.1) is 0 Å². The minimum absolute atomic E-state index is 0.00607. The normalized spacial score (nSPS) is 11.9. The Balaban J connectivity index is 1.65. The smallest absolute Gasteiger partial charge is 0.243 e. The van der Waals surface area contributed by atoms with Gasteiger partial charge in [-0.3, -0.25) is 10.0 Å². The van der Waals surface area contributed by atoms with Crippen LogP contribution in [0.5, 0.6) is 5.75 Å². The fourth-order valence-electron chi connectivity index (χ4n) is 3.20. The van der Waals surface area contributed by atoms with E-state index in [0.717, 1.165) is 33.8 Å². The summed E-state index contributed by atoms with van der Waals surface area (Å²) >= 11 is 1.64. The number of amides is 1. The molecule has 0 bridgehead atoms. The van der Waals surface area contributed by atoms with Gasteiger partial charge in [0.1, 0.15) is 5.75 Å². The summed E-state index contributed by atoms with van der Waals surface area (Å²) in [5.41, 5.74) is 5.10. The third kappa shape index (κ3) is 6.51. The van der Waals surface area contributed by atoms with Gasteiger partial charge < -0.3 is 4.74 Å². The summed E-state index contributed by atoms with van der Waals surface area (Å²) in [7, 11) is 1.66. The van der Waals surface area contributed by atoms with Crippen molar-refractivity contribution in [2.45, 2.75) is 23.7 Å². The van der Waals surface area contributed by atoms with Crippen LogP contribution < -0.4 is 10.2 Å². The van der Waals surface area contributed by atoms with Crippen LogP contribution in [0.2, 0.25) is 0 Å². The van der Waals surface area contributed by atoms with Gasteiger partial charge in [0.2, 0.25) is 5.91 Å². The lowest BCUT2D eigenvalue weighted by Crippen LogP contribution is -2.22. The van der Waals surface area contributed by atoms with Crippen LogP contribution in [0.4, 0.5) is 0 Å². The van der Waals surface area contributed by atoms with E-state index in [2.05, 4.69) is 47.9 Å². The van der Waals surface area contributed by atoms with Crippen molar-refractivity contribution in [3.63, 3.8) is 0 Å². The standard InChI is InChI=1S/C25H25NO3S/c1-29-23-11-7-19(8-12-23)15-16-30-24-13-9-21(10-14-24)22(18-25(27)26-28)17-20-5-3-2-4-6-20/h2-16,22,28H,17-18H2,1H3,(H,26,27). The fourth-order valence-corrected chi connectivity index (χ4v) is 3.88. The van der Waals surface area contributed by atoms with Crippen LogP contribution in [0.3, 0.4) is 0 Å². The number of thioether (sulfide) groups is 1. The number of hydroxylamine groups is 1. The van der Waals surface area contributed by atoms with Crippen LogP contribution in [0.15, 0.2) is 89.2 Å². The number of rotatable bonds is 9. The number of carbonyl (C=O) groups is 1. The summed E-state index contributed by atoms with van der Waals surface area (Å²) in [5, 5.41) is 11.0. The molecule has 0 aliphatic carbocycles. The van der Waals surface area contributed by atoms with E-state index in [-0.39, 0.29) is 18.2 Å². The minimum Gasteiger partial charge on any atom is -0.497 e. The third-order valence-corrected chi connectivity index (χ3v) is 5.63. The molecule has 0 radical (unpaired) electrons. The first-order valence-electron chi connectivity index (χ1n) is 9.72. The molecule has 1 unspecified atom stereocenters. The van der Waals surface area contributed by atoms with Crippen molar-refractivity contribution in [3.8, 4) is 5.75 Å². The topological polar surface area (TPSA) is 58.6 Å². The van der Waals surface area contributed by atoms with Crippen LogP contribution in [0.1, 0.15) is 29.0 Å². The molecule has 1 atom stereocenters. The van der Waals surface area contributed by atoms with Gasteiger partial charge in [-0.05, 0) is 64.8 Å². The monoisotopic (exact) mass is 419 g/mol. The summed E-state index contributed by atoms with van der Waals surface area (Å²) in [6.07, 6.45) is 3.02. The Labute approximate surface area is 181 Å². The first kappa shape index (κ1) is 21.7. The van der Waals surface area contributed by atoms with Gasteiger partial charge in [0.15, 0.2) is 0 Å². The molecular formula is C25H25NO3S. The Kier molecular flexibility index (Phi) is 8.12. The van der Waals surface area contributed by atoms with Gasteiger partial charge in [-0.25, -0.2) is 5.48 Å². The lowest BCUT2D eigenvalue weighted by atomic mass is 9.89. The number of methoxy groups -OCH3 is 1. The molecule has 5 heteroatoms. The zero-order valence-corrected chi connectivity index (χ0v) is 17.6. The van der Waals surface area contributed by atoms with Gasteiger partial charge in [-0.1, -0.05) is 66.4 Å². The molecule has 1 amide bonds. The number of ether oxygens (including phenoxy) is 1. The minimum atomic E-state index is -0.378. The van der Waals surface area contributed by atoms with E-state index >= 15 is 0 Å². The van der Waals surface area contributed by atoms with Crippen molar-refractivity contribution in [2.75, 3.05) is 7.11 Å². The number of hydrogen-bond acceptors (Lipinski definition) is 4. The largest absolute Gasteiger partial charge is 0.497 e. The first-order chi connectivity index (χ1) is 14.7. The Morgan fingerprint density at radius 3 is 2.37 bits per heavy atom. The Hall–Kier alpha value is -3.02. The van der Waals surface area contributed by atoms with Gasteiger partial charge >= 0.3 is 0 Å². The molecule has 0 aliphatic heterocycles. The summed E-state index contributed by atoms with van der Waals surface area (Å²) in [4.78, 5) is 12.9. The third-order valence-electron chi connectivity index (χ3n) is 4.81. The van der Waals surface area contributed by atoms with E-state index < -0.39 is 0 Å². The molecule has 0 heterocycles. The summed E-state index contributed by atoms with van der Waals surface area (Å²) in [6.45, 7) is 0. The number of hydrogen-bond donors (Lipinski definition) is 2. The molecule has 2 N–H and O–H groups in total. The van der Waals surface area contributed by atoms with Crippen molar-refractivity contribution in [3.05, 3.63) is 101 Å². The second-order valence-electron chi connectivity index (χ2n) is 6.89. The maximum atomic E-state index is 11.8. The van der Waals surface area contributed by atoms with Gasteiger partial charge in [-0.2, -0.15) is 0 Å². The molecule has 0 fully saturated rings. The maximum absolute atomic E-state index is 11.8. The Bertz CT molecular complexity index is 954. The molecule has 0 aliphatic rings. The molecule has 3 aromatic rings. The average molecular weight is 420 g/mol. The summed E-state index contributed by atoms with van der Waals surface area (Å²) in [5.74, 6) is 0.459. The van der Waals surface area contributed by atoms with Crippen molar-refractivity contribution in [1.29, 1.82) is 0 Å². The van der Waals surface area contributed by atoms with Gasteiger partial charge in [0, 0.05) is 11.3 Å². The van der Waals surface area contributed by atoms with Crippen molar-refractivity contribution >= 4 is 23.7 Å². The molecule has 154 valence electrons. The van der Waals surface area contributed by atoms with Crippen molar-refractivity contribution in [2.24, 2.45) is 0 Å². The summed E-state index contributed by atoms with van der Waals surface area (Å²) < 4.78 is 5.17. The average Bonchev–Trinajstić information content (AvgIpc) is 2.80. The lowest BCUT2D eigenvalue weighted by Gasteiger charge is -2.17. The predicted octanol–water partition coefficient (Wildman–Crippen LogP) is 5.68. The highest BCUT2D eigenvalue weighted by Gasteiger charge is 2.16. The molecule has 0 spiro atoms. The van der Waals surface area contributed by atoms with Gasteiger partial charge in [0.05, 0.1) is 7.11 Å². The molecular weight excluding hydrogens is 394 g/mol. The molecule has 4 nitrogen and oxygen atoms in total. The second kappa shape index (κ2) is 11.2. The lowest BCUT2D eigenvalue weighted by molar-refractivity contribution is -0.129. The van der Waals surface area contributed by atoms with E-state index in [1.165, 1.54) is 0 Å². The van der Waals surface area contributed by atoms with Crippen LogP contribution in [0, 0.1) is 0 Å². The molecule has 3 rings (SSSR count). The van der Waals surface area contributed by atoms with Crippen LogP contribution in [0.25, 0.3) is 6.08 Å². The van der Waals surface area contributed by atoms with E-state index in [1.54, 1.807) is 24.4 Å². The first-order valence-corrected chi connectivity index (χ1v) is 10.6. The molecule has 0 saturated carbocycles. The maximum Gasteiger partial charge on any atom is 0.243 e. The van der Waals surface area contributed by atoms with Crippen LogP contribution in [-0.2, 0) is 11.2 Å². The zero-order chi connectivity index (χ0) is 21.2. The number of carbonyl (C=O) groups excluding carboxylic acids is 1. The highest BCUT2D eigenvalue weighted by atomic mass is 32.2. The van der Waals surface area contributed by atoms with Gasteiger partial charge in [0.25, 0.3) is 0 Å². The summed E-state index contributed by atoms with van der Waals surface area (Å²) in [6, 6.07) is 26.2. The SMILES string of the molecule is COc1ccc(C=CSc2ccc(C(CC(=O)NO)Cc3ccccc3)cc2)cc1. The number of nitrogens with one attached hydrogen (secondary N) is 1. The Morgan fingerprint density at radius 2 is 1.73 bits per heavy atom. The predicted molar refractivity (Wildman–Crippen MR) is 122 cm³/mol. The second-order valence-corrected chi connectivity index (χ2v) is 7.87. The Morgan fingerprint density at radius 1 is 1.03 bits per heavy atom. The van der Waals surface area contributed by atoms with E-state index in [0.29, 0.717) is 0 Å². The van der Waals surface area contributed by atoms with Crippen molar-refractivity contribution < 1.29 is 14.7 Å². The highest BCUT2D eigenvalue weighted by molar-refractivity contribution is 8.02. The van der Waals surface area contributed by atoms with Crippen LogP contribution >= 0.6 is 11.8 Å². The molecule has 30 heavy (non-hydrogen) atoms. The quantitative estimate of drug-likeness (QED) is 0.266. The van der Waals surface area contributed by atoms with E-state index in [4.69, 9.17) is 9.94 Å². The molecule has 3 aromatic carbocycles. The van der Waals surface area contributed by atoms with E-state index in [9.17, 15) is 4.79 Å². The molecule has 0 aromatic heterocycles. The number of benzene rings is 3. The molecule has 0 saturated heterocycles. The van der Waals surface area contributed by atoms with Crippen molar-refractivity contribution in [1.82, 2.24) is 5.48 Å².